The minimum atomic E-state index is -0.342. The standard InChI is InChI=1S/C30H35N3O2Si/c1-19-9-10-22(35-29(36)27-11-15-33(27)2)18-24(19)28(34)32-30(12-13-30)25-16-21(20-6-3-4-7-20)17-26-23(25)8-5-14-31-26/h5-6,8-10,14,16-18,27,29H,3-4,7,11-13,15H2,1-2,36H3,(H,32,34)/t27-,29?/m0/s1. The summed E-state index contributed by atoms with van der Waals surface area (Å²) in [5, 5.41) is 4.58. The van der Waals surface area contributed by atoms with Crippen LogP contribution in [0, 0.1) is 6.92 Å². The summed E-state index contributed by atoms with van der Waals surface area (Å²) < 4.78 is 6.32. The fourth-order valence-electron chi connectivity index (χ4n) is 5.91. The average molecular weight is 498 g/mol. The lowest BCUT2D eigenvalue weighted by atomic mass is 9.93. The van der Waals surface area contributed by atoms with Crippen LogP contribution in [-0.4, -0.2) is 51.4 Å². The van der Waals surface area contributed by atoms with Crippen LogP contribution in [0.2, 0.25) is 0 Å². The average Bonchev–Trinajstić information content (AvgIpc) is 3.42. The first-order chi connectivity index (χ1) is 17.4. The van der Waals surface area contributed by atoms with Crippen molar-refractivity contribution in [3.63, 3.8) is 0 Å². The summed E-state index contributed by atoms with van der Waals surface area (Å²) in [5.74, 6) is 0.768. The third-order valence-electron chi connectivity index (χ3n) is 8.41. The number of aryl methyl sites for hydroxylation is 1. The quantitative estimate of drug-likeness (QED) is 0.495. The Labute approximate surface area is 216 Å². The highest BCUT2D eigenvalue weighted by Crippen LogP contribution is 2.49. The molecule has 0 radical (unpaired) electrons. The first kappa shape index (κ1) is 23.4. The summed E-state index contributed by atoms with van der Waals surface area (Å²) >= 11 is 0. The van der Waals surface area contributed by atoms with Crippen molar-refractivity contribution in [2.24, 2.45) is 0 Å². The minimum absolute atomic E-state index is 0.0244. The zero-order valence-electron chi connectivity index (χ0n) is 21.5. The monoisotopic (exact) mass is 497 g/mol. The molecule has 186 valence electrons. The zero-order chi connectivity index (χ0) is 24.9. The van der Waals surface area contributed by atoms with Crippen LogP contribution in [0.25, 0.3) is 16.5 Å². The number of hydrogen-bond acceptors (Lipinski definition) is 4. The van der Waals surface area contributed by atoms with Crippen molar-refractivity contribution >= 4 is 32.6 Å². The third-order valence-corrected chi connectivity index (χ3v) is 9.42. The number of ether oxygens (including phenoxy) is 1. The number of fused-ring (bicyclic) bond motifs is 1. The highest BCUT2D eigenvalue weighted by Gasteiger charge is 2.47. The summed E-state index contributed by atoms with van der Waals surface area (Å²) in [6.07, 6.45) is 10.7. The van der Waals surface area contributed by atoms with E-state index in [1.54, 1.807) is 0 Å². The molecule has 2 atom stereocenters. The summed E-state index contributed by atoms with van der Waals surface area (Å²) in [4.78, 5) is 20.7. The molecule has 2 heterocycles. The van der Waals surface area contributed by atoms with Gasteiger partial charge in [-0.1, -0.05) is 18.2 Å². The van der Waals surface area contributed by atoms with E-state index in [-0.39, 0.29) is 17.2 Å². The molecule has 1 saturated heterocycles. The molecule has 0 bridgehead atoms. The van der Waals surface area contributed by atoms with E-state index in [1.807, 2.05) is 37.4 Å². The highest BCUT2D eigenvalue weighted by molar-refractivity contribution is 6.11. The summed E-state index contributed by atoms with van der Waals surface area (Å²) in [6, 6.07) is 15.1. The van der Waals surface area contributed by atoms with Crippen molar-refractivity contribution in [1.29, 1.82) is 0 Å². The van der Waals surface area contributed by atoms with E-state index in [1.165, 1.54) is 29.5 Å². The van der Waals surface area contributed by atoms with E-state index in [2.05, 4.69) is 46.5 Å². The molecule has 36 heavy (non-hydrogen) atoms. The predicted octanol–water partition coefficient (Wildman–Crippen LogP) is 4.30. The van der Waals surface area contributed by atoms with Gasteiger partial charge in [0.2, 0.25) is 0 Å². The number of aromatic nitrogens is 1. The molecule has 1 N–H and O–H groups in total. The maximum Gasteiger partial charge on any atom is 0.252 e. The van der Waals surface area contributed by atoms with Crippen molar-refractivity contribution in [1.82, 2.24) is 15.2 Å². The van der Waals surface area contributed by atoms with E-state index >= 15 is 0 Å². The Morgan fingerprint density at radius 1 is 1.25 bits per heavy atom. The van der Waals surface area contributed by atoms with Crippen LogP contribution in [0.15, 0.2) is 54.7 Å². The van der Waals surface area contributed by atoms with Crippen LogP contribution in [0.4, 0.5) is 0 Å². The second-order valence-corrected chi connectivity index (χ2v) is 12.0. The molecule has 1 unspecified atom stereocenters. The van der Waals surface area contributed by atoms with Gasteiger partial charge in [0, 0.05) is 23.2 Å². The molecule has 6 heteroatoms. The predicted molar refractivity (Wildman–Crippen MR) is 149 cm³/mol. The van der Waals surface area contributed by atoms with Gasteiger partial charge in [-0.05, 0) is 112 Å². The van der Waals surface area contributed by atoms with Crippen LogP contribution >= 0.6 is 0 Å². The molecular formula is C30H35N3O2Si. The number of benzene rings is 2. The Hall–Kier alpha value is -2.96. The lowest BCUT2D eigenvalue weighted by Gasteiger charge is -2.41. The van der Waals surface area contributed by atoms with Crippen LogP contribution < -0.4 is 10.1 Å². The Kier molecular flexibility index (Phi) is 5.96. The Morgan fingerprint density at radius 3 is 2.81 bits per heavy atom. The largest absolute Gasteiger partial charge is 0.494 e. The lowest BCUT2D eigenvalue weighted by molar-refractivity contribution is 0.0562. The molecule has 6 rings (SSSR count). The smallest absolute Gasteiger partial charge is 0.252 e. The maximum atomic E-state index is 13.7. The maximum absolute atomic E-state index is 13.7. The number of nitrogens with zero attached hydrogens (tertiary/aromatic N) is 2. The second-order valence-electron chi connectivity index (χ2n) is 10.9. The molecule has 1 aromatic heterocycles. The molecule has 5 nitrogen and oxygen atoms in total. The van der Waals surface area contributed by atoms with Gasteiger partial charge in [0.05, 0.1) is 27.0 Å². The summed E-state index contributed by atoms with van der Waals surface area (Å²) in [6.45, 7) is 3.14. The number of rotatable bonds is 7. The number of likely N-dealkylation sites (N-methyl/N-ethyl adjacent to an activating group) is 1. The molecule has 2 aliphatic carbocycles. The SMILES string of the molecule is Cc1ccc(OC([SiH3])[C@@H]2CCN2C)cc1C(=O)NC1(c2cc(C3=CCCC3)cc3ncccc23)CC1. The third kappa shape index (κ3) is 4.26. The van der Waals surface area contributed by atoms with Crippen LogP contribution in [0.3, 0.4) is 0 Å². The van der Waals surface area contributed by atoms with Gasteiger partial charge in [0.1, 0.15) is 5.75 Å². The summed E-state index contributed by atoms with van der Waals surface area (Å²) in [7, 11) is 3.11. The number of carbonyl (C=O) groups excluding carboxylic acids is 1. The number of hydrogen-bond donors (Lipinski definition) is 1. The summed E-state index contributed by atoms with van der Waals surface area (Å²) in [5.41, 5.74) is 6.41. The second kappa shape index (κ2) is 9.16. The normalized spacial score (nSPS) is 21.6. The number of likely N-dealkylation sites (tertiary alicyclic amines) is 1. The molecular weight excluding hydrogens is 462 g/mol. The van der Waals surface area contributed by atoms with Crippen LogP contribution in [0.5, 0.6) is 5.75 Å². The molecule has 0 spiro atoms. The molecule has 3 aliphatic rings. The van der Waals surface area contributed by atoms with E-state index in [9.17, 15) is 4.79 Å². The van der Waals surface area contributed by atoms with E-state index in [4.69, 9.17) is 4.74 Å². The van der Waals surface area contributed by atoms with Crippen molar-refractivity contribution in [2.75, 3.05) is 13.6 Å². The molecule has 2 aromatic carbocycles. The first-order valence-corrected chi connectivity index (χ1v) is 14.5. The number of pyridine rings is 1. The Balaban J connectivity index is 1.29. The van der Waals surface area contributed by atoms with Crippen molar-refractivity contribution in [2.45, 2.75) is 62.8 Å². The zero-order valence-corrected chi connectivity index (χ0v) is 23.5. The van der Waals surface area contributed by atoms with Gasteiger partial charge < -0.3 is 15.0 Å². The van der Waals surface area contributed by atoms with Gasteiger partial charge in [-0.2, -0.15) is 0 Å². The van der Waals surface area contributed by atoms with Crippen molar-refractivity contribution in [3.05, 3.63) is 77.0 Å². The molecule has 3 aromatic rings. The number of allylic oxidation sites excluding steroid dienone is 2. The Bertz CT molecular complexity index is 1360. The number of carbonyl (C=O) groups is 1. The van der Waals surface area contributed by atoms with Gasteiger partial charge in [0.15, 0.2) is 0 Å². The van der Waals surface area contributed by atoms with Crippen LogP contribution in [-0.2, 0) is 5.54 Å². The van der Waals surface area contributed by atoms with Crippen molar-refractivity contribution < 1.29 is 9.53 Å². The fraction of sp³-hybridized carbons (Fsp3) is 0.400. The number of amides is 1. The highest BCUT2D eigenvalue weighted by atomic mass is 28.1. The van der Waals surface area contributed by atoms with Crippen molar-refractivity contribution in [3.8, 4) is 5.75 Å². The molecule has 1 saturated carbocycles. The molecule has 2 fully saturated rings. The van der Waals surface area contributed by atoms with Gasteiger partial charge in [-0.15, -0.1) is 0 Å². The topological polar surface area (TPSA) is 54.5 Å². The number of nitrogens with one attached hydrogen (secondary N) is 1. The van der Waals surface area contributed by atoms with E-state index in [0.29, 0.717) is 11.6 Å². The van der Waals surface area contributed by atoms with Gasteiger partial charge in [0.25, 0.3) is 5.91 Å². The molecule has 1 aliphatic heterocycles. The first-order valence-electron chi connectivity index (χ1n) is 13.3. The minimum Gasteiger partial charge on any atom is -0.494 e. The van der Waals surface area contributed by atoms with Gasteiger partial charge in [-0.25, -0.2) is 0 Å². The Morgan fingerprint density at radius 2 is 2.11 bits per heavy atom. The van der Waals surface area contributed by atoms with E-state index < -0.39 is 0 Å². The van der Waals surface area contributed by atoms with Crippen LogP contribution in [0.1, 0.15) is 65.6 Å². The van der Waals surface area contributed by atoms with Gasteiger partial charge in [-0.3, -0.25) is 9.78 Å². The fourth-order valence-corrected chi connectivity index (χ4v) is 7.02. The molecule has 1 amide bonds. The lowest BCUT2D eigenvalue weighted by Crippen LogP contribution is -2.53. The van der Waals surface area contributed by atoms with Gasteiger partial charge >= 0.3 is 0 Å². The van der Waals surface area contributed by atoms with E-state index in [0.717, 1.165) is 64.7 Å².